The number of likely N-dealkylation sites (tertiary alicyclic amines) is 1. The number of rotatable bonds is 3. The van der Waals surface area contributed by atoms with E-state index in [4.69, 9.17) is 0 Å². The third kappa shape index (κ3) is 2.29. The van der Waals surface area contributed by atoms with Crippen LogP contribution in [-0.2, 0) is 4.79 Å². The first-order chi connectivity index (χ1) is 5.77. The molecule has 2 atom stereocenters. The van der Waals surface area contributed by atoms with Crippen molar-refractivity contribution in [1.29, 1.82) is 0 Å². The van der Waals surface area contributed by atoms with Gasteiger partial charge in [-0.25, -0.2) is 0 Å². The number of carbonyl (C=O) groups is 1. The lowest BCUT2D eigenvalue weighted by atomic mass is 9.92. The Morgan fingerprint density at radius 3 is 2.92 bits per heavy atom. The molecule has 1 N–H and O–H groups in total. The van der Waals surface area contributed by atoms with Gasteiger partial charge in [-0.2, -0.15) is 0 Å². The number of nitrogens with one attached hydrogen (secondary N) is 1. The molecule has 0 aliphatic carbocycles. The van der Waals surface area contributed by atoms with E-state index in [0.717, 1.165) is 12.8 Å². The third-order valence-electron chi connectivity index (χ3n) is 2.65. The molecule has 12 heavy (non-hydrogen) atoms. The molecule has 0 aromatic carbocycles. The van der Waals surface area contributed by atoms with E-state index in [-0.39, 0.29) is 6.04 Å². The maximum Gasteiger partial charge on any atom is 0.137 e. The highest BCUT2D eigenvalue weighted by Gasteiger charge is 2.23. The summed E-state index contributed by atoms with van der Waals surface area (Å²) < 4.78 is 0. The largest absolute Gasteiger partial charge is 0.311 e. The predicted octanol–water partition coefficient (Wildman–Crippen LogP) is 0.115. The van der Waals surface area contributed by atoms with Crippen LogP contribution in [0.15, 0.2) is 0 Å². The van der Waals surface area contributed by atoms with Crippen LogP contribution in [-0.4, -0.2) is 44.4 Å². The normalized spacial score (nSPS) is 28.3. The fourth-order valence-electron chi connectivity index (χ4n) is 1.91. The highest BCUT2D eigenvalue weighted by atomic mass is 16.1. The van der Waals surface area contributed by atoms with Crippen LogP contribution >= 0.6 is 0 Å². The Kier molecular flexibility index (Phi) is 3.69. The summed E-state index contributed by atoms with van der Waals surface area (Å²) in [4.78, 5) is 13.0. The Hall–Kier alpha value is -0.410. The number of nitrogens with zero attached hydrogens (tertiary/aromatic N) is 1. The molecule has 0 amide bonds. The molecule has 1 heterocycles. The summed E-state index contributed by atoms with van der Waals surface area (Å²) in [6, 6.07) is 0.0488. The van der Waals surface area contributed by atoms with E-state index < -0.39 is 0 Å². The number of aldehydes is 1. The summed E-state index contributed by atoms with van der Waals surface area (Å²) in [5.41, 5.74) is 0. The summed E-state index contributed by atoms with van der Waals surface area (Å²) in [7, 11) is 3.97. The van der Waals surface area contributed by atoms with Gasteiger partial charge in [-0.3, -0.25) is 0 Å². The van der Waals surface area contributed by atoms with Crippen molar-refractivity contribution < 1.29 is 4.79 Å². The van der Waals surface area contributed by atoms with Crippen LogP contribution in [0.5, 0.6) is 0 Å². The first-order valence-electron chi connectivity index (χ1n) is 4.59. The maximum atomic E-state index is 10.7. The zero-order valence-corrected chi connectivity index (χ0v) is 7.92. The minimum Gasteiger partial charge on any atom is -0.311 e. The Balaban J connectivity index is 2.43. The van der Waals surface area contributed by atoms with Gasteiger partial charge in [-0.15, -0.1) is 0 Å². The molecule has 2 unspecified atom stereocenters. The molecular formula is C9H18N2O. The number of piperidine rings is 1. The Morgan fingerprint density at radius 2 is 2.42 bits per heavy atom. The molecule has 0 aromatic heterocycles. The number of hydrogen-bond donors (Lipinski definition) is 1. The second-order valence-electron chi connectivity index (χ2n) is 3.62. The molecule has 1 fully saturated rings. The van der Waals surface area contributed by atoms with Gasteiger partial charge in [0, 0.05) is 6.54 Å². The molecule has 1 aliphatic heterocycles. The van der Waals surface area contributed by atoms with Gasteiger partial charge < -0.3 is 15.0 Å². The average Bonchev–Trinajstić information content (AvgIpc) is 2.07. The second kappa shape index (κ2) is 4.58. The first-order valence-corrected chi connectivity index (χ1v) is 4.59. The first kappa shape index (κ1) is 9.68. The molecule has 0 spiro atoms. The Bertz CT molecular complexity index is 149. The smallest absolute Gasteiger partial charge is 0.137 e. The van der Waals surface area contributed by atoms with E-state index in [1.807, 2.05) is 7.05 Å². The Labute approximate surface area is 74.1 Å². The van der Waals surface area contributed by atoms with Crippen molar-refractivity contribution in [3.63, 3.8) is 0 Å². The van der Waals surface area contributed by atoms with Crippen LogP contribution in [0.2, 0.25) is 0 Å². The summed E-state index contributed by atoms with van der Waals surface area (Å²) in [6.45, 7) is 2.22. The van der Waals surface area contributed by atoms with Crippen molar-refractivity contribution in [3.8, 4) is 0 Å². The zero-order valence-electron chi connectivity index (χ0n) is 7.92. The quantitative estimate of drug-likeness (QED) is 0.610. The van der Waals surface area contributed by atoms with Crippen molar-refractivity contribution in [3.05, 3.63) is 0 Å². The van der Waals surface area contributed by atoms with E-state index >= 15 is 0 Å². The van der Waals surface area contributed by atoms with Gasteiger partial charge in [0.25, 0.3) is 0 Å². The fraction of sp³-hybridized carbons (Fsp3) is 0.889. The van der Waals surface area contributed by atoms with Gasteiger partial charge in [0.05, 0.1) is 6.04 Å². The molecule has 0 saturated carbocycles. The van der Waals surface area contributed by atoms with Crippen molar-refractivity contribution in [2.45, 2.75) is 18.9 Å². The summed E-state index contributed by atoms with van der Waals surface area (Å²) in [5.74, 6) is 0.506. The topological polar surface area (TPSA) is 32.3 Å². The minimum atomic E-state index is 0.0488. The summed E-state index contributed by atoms with van der Waals surface area (Å²) in [6.07, 6.45) is 3.42. The minimum absolute atomic E-state index is 0.0488. The highest BCUT2D eigenvalue weighted by molar-refractivity contribution is 5.58. The molecular weight excluding hydrogens is 152 g/mol. The van der Waals surface area contributed by atoms with Crippen LogP contribution in [0.25, 0.3) is 0 Å². The molecule has 0 radical (unpaired) electrons. The third-order valence-corrected chi connectivity index (χ3v) is 2.65. The lowest BCUT2D eigenvalue weighted by molar-refractivity contribution is -0.111. The number of hydrogen-bond acceptors (Lipinski definition) is 3. The average molecular weight is 170 g/mol. The lowest BCUT2D eigenvalue weighted by Gasteiger charge is -2.32. The van der Waals surface area contributed by atoms with E-state index in [9.17, 15) is 4.79 Å². The molecule has 1 aliphatic rings. The summed E-state index contributed by atoms with van der Waals surface area (Å²) in [5, 5.41) is 3.05. The lowest BCUT2D eigenvalue weighted by Crippen LogP contribution is -2.44. The van der Waals surface area contributed by atoms with Gasteiger partial charge in [0.1, 0.15) is 6.29 Å². The van der Waals surface area contributed by atoms with Gasteiger partial charge in [0.15, 0.2) is 0 Å². The van der Waals surface area contributed by atoms with Gasteiger partial charge in [-0.05, 0) is 39.4 Å². The summed E-state index contributed by atoms with van der Waals surface area (Å²) >= 11 is 0. The van der Waals surface area contributed by atoms with Crippen LogP contribution < -0.4 is 5.32 Å². The molecule has 70 valence electrons. The van der Waals surface area contributed by atoms with Crippen LogP contribution in [0, 0.1) is 5.92 Å². The van der Waals surface area contributed by atoms with Crippen LogP contribution in [0.3, 0.4) is 0 Å². The zero-order chi connectivity index (χ0) is 8.97. The van der Waals surface area contributed by atoms with E-state index in [2.05, 4.69) is 17.3 Å². The molecule has 0 bridgehead atoms. The van der Waals surface area contributed by atoms with E-state index in [1.54, 1.807) is 0 Å². The molecule has 1 saturated heterocycles. The monoisotopic (exact) mass is 170 g/mol. The standard InChI is InChI=1S/C9H18N2O/c1-10-9(7-12)8-4-3-5-11(2)6-8/h7-10H,3-6H2,1-2H3. The van der Waals surface area contributed by atoms with Crippen molar-refractivity contribution in [2.75, 3.05) is 27.2 Å². The van der Waals surface area contributed by atoms with Gasteiger partial charge in [-0.1, -0.05) is 0 Å². The van der Waals surface area contributed by atoms with Gasteiger partial charge in [0.2, 0.25) is 0 Å². The van der Waals surface area contributed by atoms with E-state index in [0.29, 0.717) is 5.92 Å². The molecule has 0 aromatic rings. The van der Waals surface area contributed by atoms with Crippen molar-refractivity contribution in [2.24, 2.45) is 5.92 Å². The van der Waals surface area contributed by atoms with Crippen LogP contribution in [0.1, 0.15) is 12.8 Å². The number of likely N-dealkylation sites (N-methyl/N-ethyl adjacent to an activating group) is 1. The van der Waals surface area contributed by atoms with E-state index in [1.165, 1.54) is 19.4 Å². The van der Waals surface area contributed by atoms with Crippen LogP contribution in [0.4, 0.5) is 0 Å². The SMILES string of the molecule is CNC(C=O)C1CCCN(C)C1. The van der Waals surface area contributed by atoms with Gasteiger partial charge >= 0.3 is 0 Å². The molecule has 3 nitrogen and oxygen atoms in total. The Morgan fingerprint density at radius 1 is 1.67 bits per heavy atom. The molecule has 1 rings (SSSR count). The van der Waals surface area contributed by atoms with Crippen molar-refractivity contribution in [1.82, 2.24) is 10.2 Å². The molecule has 3 heteroatoms. The second-order valence-corrected chi connectivity index (χ2v) is 3.62. The number of carbonyl (C=O) groups excluding carboxylic acids is 1. The van der Waals surface area contributed by atoms with Crippen molar-refractivity contribution >= 4 is 6.29 Å². The predicted molar refractivity (Wildman–Crippen MR) is 49.1 cm³/mol. The maximum absolute atomic E-state index is 10.7. The highest BCUT2D eigenvalue weighted by Crippen LogP contribution is 2.17. The fourth-order valence-corrected chi connectivity index (χ4v) is 1.91.